The first-order valence-electron chi connectivity index (χ1n) is 12.3. The van der Waals surface area contributed by atoms with Crippen molar-refractivity contribution >= 4 is 19.6 Å². The lowest BCUT2D eigenvalue weighted by Crippen LogP contribution is -2.53. The van der Waals surface area contributed by atoms with Crippen molar-refractivity contribution < 1.29 is 51.9 Å². The van der Waals surface area contributed by atoms with Gasteiger partial charge in [0.25, 0.3) is 12.0 Å². The number of hydrogen-bond acceptors (Lipinski definition) is 11. The Balaban J connectivity index is 2.39. The zero-order valence-electron chi connectivity index (χ0n) is 22.7. The third-order valence-corrected chi connectivity index (χ3v) is 7.51. The normalized spacial score (nSPS) is 26.1. The van der Waals surface area contributed by atoms with E-state index in [1.807, 2.05) is 4.98 Å². The van der Waals surface area contributed by atoms with Gasteiger partial charge in [0.15, 0.2) is 11.8 Å². The van der Waals surface area contributed by atoms with Crippen LogP contribution < -0.4 is 21.4 Å². The highest BCUT2D eigenvalue weighted by Gasteiger charge is 2.61. The molecular formula is C22H35F2N4O11P. The number of alkyl halides is 2. The smallest absolute Gasteiger partial charge is 0.342 e. The van der Waals surface area contributed by atoms with E-state index in [1.54, 1.807) is 27.7 Å². The summed E-state index contributed by atoms with van der Waals surface area (Å²) in [5, 5.41) is 25.7. The number of aromatic nitrogens is 2. The van der Waals surface area contributed by atoms with E-state index in [2.05, 4.69) is 10.2 Å². The Morgan fingerprint density at radius 3 is 2.00 bits per heavy atom. The number of esters is 2. The average Bonchev–Trinajstić information content (AvgIpc) is 3.08. The van der Waals surface area contributed by atoms with Crippen LogP contribution in [0.5, 0.6) is 0 Å². The molecule has 40 heavy (non-hydrogen) atoms. The van der Waals surface area contributed by atoms with Gasteiger partial charge in [-0.05, 0) is 41.5 Å². The molecular weight excluding hydrogens is 565 g/mol. The van der Waals surface area contributed by atoms with Crippen LogP contribution >= 0.6 is 7.67 Å². The minimum Gasteiger partial charge on any atom is -0.462 e. The Hall–Kier alpha value is -2.53. The summed E-state index contributed by atoms with van der Waals surface area (Å²) in [6, 6.07) is -1.83. The molecule has 5 N–H and O–H groups in total. The van der Waals surface area contributed by atoms with E-state index in [0.717, 1.165) is 12.3 Å². The van der Waals surface area contributed by atoms with E-state index >= 15 is 0 Å². The molecule has 0 bridgehead atoms. The summed E-state index contributed by atoms with van der Waals surface area (Å²) >= 11 is 0. The average molecular weight is 601 g/mol. The first-order chi connectivity index (χ1) is 18.4. The molecule has 228 valence electrons. The van der Waals surface area contributed by atoms with Crippen molar-refractivity contribution in [1.29, 1.82) is 0 Å². The number of rotatable bonds is 13. The van der Waals surface area contributed by atoms with Crippen molar-refractivity contribution in [1.82, 2.24) is 19.7 Å². The van der Waals surface area contributed by atoms with Crippen LogP contribution in [0, 0.1) is 0 Å². The largest absolute Gasteiger partial charge is 0.462 e. The Bertz CT molecular complexity index is 1180. The summed E-state index contributed by atoms with van der Waals surface area (Å²) < 4.78 is 63.8. The molecule has 0 radical (unpaired) electrons. The predicted molar refractivity (Wildman–Crippen MR) is 133 cm³/mol. The Kier molecular flexibility index (Phi) is 11.3. The van der Waals surface area contributed by atoms with Crippen LogP contribution in [0.25, 0.3) is 0 Å². The number of aromatic amines is 1. The van der Waals surface area contributed by atoms with Crippen LogP contribution in [0.4, 0.5) is 8.78 Å². The van der Waals surface area contributed by atoms with E-state index in [1.165, 1.54) is 13.8 Å². The molecule has 1 aromatic rings. The highest BCUT2D eigenvalue weighted by Crippen LogP contribution is 2.46. The molecule has 1 saturated heterocycles. The Labute approximate surface area is 227 Å². The maximum Gasteiger partial charge on any atom is 0.342 e. The molecule has 0 aromatic carbocycles. The van der Waals surface area contributed by atoms with Gasteiger partial charge >= 0.3 is 25.3 Å². The zero-order valence-corrected chi connectivity index (χ0v) is 23.6. The summed E-state index contributed by atoms with van der Waals surface area (Å²) in [5.74, 6) is -1.77. The van der Waals surface area contributed by atoms with Crippen LogP contribution in [0.1, 0.15) is 47.8 Å². The first kappa shape index (κ1) is 33.7. The number of ether oxygens (including phenoxy) is 3. The van der Waals surface area contributed by atoms with Gasteiger partial charge in [0, 0.05) is 12.3 Å². The maximum atomic E-state index is 14.4. The van der Waals surface area contributed by atoms with E-state index in [-0.39, 0.29) is 0 Å². The molecule has 1 aliphatic rings. The van der Waals surface area contributed by atoms with Gasteiger partial charge in [0.2, 0.25) is 0 Å². The lowest BCUT2D eigenvalue weighted by atomic mass is 9.96. The monoisotopic (exact) mass is 600 g/mol. The van der Waals surface area contributed by atoms with Gasteiger partial charge in [-0.1, -0.05) is 0 Å². The number of halogens is 2. The van der Waals surface area contributed by atoms with Crippen molar-refractivity contribution in [3.63, 3.8) is 0 Å². The molecule has 0 saturated carbocycles. The van der Waals surface area contributed by atoms with Crippen LogP contribution in [0.2, 0.25) is 0 Å². The molecule has 6 atom stereocenters. The fraction of sp³-hybridized carbons (Fsp3) is 0.727. The minimum absolute atomic E-state index is 0.552. The van der Waals surface area contributed by atoms with E-state index in [9.17, 15) is 42.7 Å². The molecule has 18 heteroatoms. The quantitative estimate of drug-likeness (QED) is 0.147. The van der Waals surface area contributed by atoms with Gasteiger partial charge in [-0.15, -0.1) is 0 Å². The lowest BCUT2D eigenvalue weighted by Gasteiger charge is -2.33. The summed E-state index contributed by atoms with van der Waals surface area (Å²) in [5.41, 5.74) is -4.99. The Morgan fingerprint density at radius 1 is 1.07 bits per heavy atom. The van der Waals surface area contributed by atoms with Crippen molar-refractivity contribution in [3.05, 3.63) is 33.1 Å². The molecule has 0 spiro atoms. The predicted octanol–water partition coefficient (Wildman–Crippen LogP) is -0.225. The van der Waals surface area contributed by atoms with Crippen LogP contribution in [-0.2, 0) is 32.9 Å². The molecule has 15 nitrogen and oxygen atoms in total. The molecule has 6 unspecified atom stereocenters. The van der Waals surface area contributed by atoms with E-state index in [4.69, 9.17) is 18.7 Å². The fourth-order valence-corrected chi connectivity index (χ4v) is 5.45. The highest BCUT2D eigenvalue weighted by atomic mass is 31.2. The van der Waals surface area contributed by atoms with Gasteiger partial charge in [-0.3, -0.25) is 28.5 Å². The molecule has 1 fully saturated rings. The number of aliphatic hydroxyl groups is 2. The van der Waals surface area contributed by atoms with Gasteiger partial charge < -0.3 is 28.9 Å². The summed E-state index contributed by atoms with van der Waals surface area (Å²) in [6.45, 7) is 7.35. The molecule has 2 rings (SSSR count). The number of nitrogens with zero attached hydrogens (tertiary/aromatic N) is 1. The number of hydrogen-bond donors (Lipinski definition) is 5. The second kappa shape index (κ2) is 13.4. The number of carbonyl (C=O) groups excluding carboxylic acids is 2. The van der Waals surface area contributed by atoms with Crippen molar-refractivity contribution in [3.8, 4) is 0 Å². The zero-order chi connectivity index (χ0) is 30.6. The molecule has 1 aromatic heterocycles. The van der Waals surface area contributed by atoms with Gasteiger partial charge in [0.1, 0.15) is 24.3 Å². The van der Waals surface area contributed by atoms with Gasteiger partial charge in [-0.2, -0.15) is 0 Å². The lowest BCUT2D eigenvalue weighted by molar-refractivity contribution is -0.192. The fourth-order valence-electron chi connectivity index (χ4n) is 3.61. The third-order valence-electron chi connectivity index (χ3n) is 5.56. The van der Waals surface area contributed by atoms with Gasteiger partial charge in [-0.25, -0.2) is 23.7 Å². The number of aliphatic hydroxyl groups excluding tert-OH is 2. The number of H-pyrrole nitrogens is 1. The SMILES string of the molecule is CC(C)OC(=O)C(C)NP(=O)(NC(C)C(=O)OC(C)C)OCC1(C(F)F)OC(n2ccc(=O)[nH]c2=O)C(O)C1O. The maximum absolute atomic E-state index is 14.4. The standard InChI is InChI=1S/C22H35F2N4O11P/c1-10(2)37-18(32)12(5)26-40(35,27-13(6)19(33)38-11(3)4)36-9-22(20(23)24)16(31)15(30)17(39-22)28-8-7-14(29)25-21(28)34/h7-8,10-13,15-17,20,30-31H,9H2,1-6H3,(H,25,29,34)(H2,26,27,35). The molecule has 0 amide bonds. The topological polar surface area (TPSA) is 208 Å². The van der Waals surface area contributed by atoms with Crippen LogP contribution in [0.15, 0.2) is 21.9 Å². The highest BCUT2D eigenvalue weighted by molar-refractivity contribution is 7.54. The number of carbonyl (C=O) groups is 2. The van der Waals surface area contributed by atoms with Gasteiger partial charge in [0.05, 0.1) is 18.8 Å². The molecule has 0 aliphatic carbocycles. The second-order valence-corrected chi connectivity index (χ2v) is 11.6. The summed E-state index contributed by atoms with van der Waals surface area (Å²) in [6.07, 6.45) is -10.2. The molecule has 2 heterocycles. The van der Waals surface area contributed by atoms with Crippen molar-refractivity contribution in [2.24, 2.45) is 0 Å². The van der Waals surface area contributed by atoms with Crippen molar-refractivity contribution in [2.45, 2.75) is 96.3 Å². The van der Waals surface area contributed by atoms with E-state index in [0.29, 0.717) is 4.57 Å². The van der Waals surface area contributed by atoms with Crippen LogP contribution in [0.3, 0.4) is 0 Å². The second-order valence-electron chi connectivity index (χ2n) is 9.71. The third kappa shape index (κ3) is 8.02. The van der Waals surface area contributed by atoms with E-state index < -0.39 is 92.2 Å². The summed E-state index contributed by atoms with van der Waals surface area (Å²) in [4.78, 5) is 50.0. The Morgan fingerprint density at radius 2 is 1.57 bits per heavy atom. The number of nitrogens with one attached hydrogen (secondary N) is 3. The van der Waals surface area contributed by atoms with Crippen molar-refractivity contribution in [2.75, 3.05) is 6.61 Å². The first-order valence-corrected chi connectivity index (χ1v) is 13.9. The molecule has 1 aliphatic heterocycles. The van der Waals surface area contributed by atoms with Crippen LogP contribution in [-0.4, -0.2) is 86.8 Å². The summed E-state index contributed by atoms with van der Waals surface area (Å²) in [7, 11) is -4.64. The minimum atomic E-state index is -4.64.